The highest BCUT2D eigenvalue weighted by atomic mass is 32.1. The fraction of sp³-hybridized carbons (Fsp3) is 0.276. The van der Waals surface area contributed by atoms with Crippen LogP contribution in [-0.4, -0.2) is 45.8 Å². The Hall–Kier alpha value is -3.51. The quantitative estimate of drug-likeness (QED) is 0.374. The van der Waals surface area contributed by atoms with Gasteiger partial charge in [0.15, 0.2) is 0 Å². The summed E-state index contributed by atoms with van der Waals surface area (Å²) in [5, 5.41) is 0.939. The lowest BCUT2D eigenvalue weighted by atomic mass is 9.89. The van der Waals surface area contributed by atoms with Gasteiger partial charge in [-0.3, -0.25) is 4.79 Å². The molecule has 0 aliphatic carbocycles. The van der Waals surface area contributed by atoms with Gasteiger partial charge in [0.05, 0.1) is 5.92 Å². The molecule has 1 saturated heterocycles. The van der Waals surface area contributed by atoms with Crippen LogP contribution in [0.25, 0.3) is 0 Å². The monoisotopic (exact) mass is 482 g/mol. The highest BCUT2D eigenvalue weighted by molar-refractivity contribution is 7.09. The van der Waals surface area contributed by atoms with Crippen molar-refractivity contribution < 1.29 is 4.79 Å². The molecule has 1 aliphatic heterocycles. The number of nitrogens with zero attached hydrogens (tertiary/aromatic N) is 4. The molecule has 6 heteroatoms. The normalized spacial score (nSPS) is 16.0. The number of carbonyl (C=O) groups is 1. The second kappa shape index (κ2) is 10.4. The predicted octanol–water partition coefficient (Wildman–Crippen LogP) is 5.31. The van der Waals surface area contributed by atoms with Crippen LogP contribution in [0.5, 0.6) is 0 Å². The molecule has 1 unspecified atom stereocenters. The van der Waals surface area contributed by atoms with Gasteiger partial charge in [-0.1, -0.05) is 90.5 Å². The van der Waals surface area contributed by atoms with Crippen LogP contribution in [-0.2, 0) is 11.2 Å². The summed E-state index contributed by atoms with van der Waals surface area (Å²) in [5.41, 5.74) is 4.53. The van der Waals surface area contributed by atoms with Crippen LogP contribution in [0, 0.1) is 6.92 Å². The van der Waals surface area contributed by atoms with Gasteiger partial charge in [-0.25, -0.2) is 4.98 Å². The third-order valence-electron chi connectivity index (χ3n) is 6.63. The number of aryl methyl sites for hydroxylation is 1. The van der Waals surface area contributed by atoms with Crippen molar-refractivity contribution in [3.63, 3.8) is 0 Å². The van der Waals surface area contributed by atoms with E-state index < -0.39 is 0 Å². The second-order valence-corrected chi connectivity index (χ2v) is 9.97. The first-order valence-corrected chi connectivity index (χ1v) is 12.9. The molecule has 4 aromatic rings. The van der Waals surface area contributed by atoms with Crippen molar-refractivity contribution in [1.29, 1.82) is 0 Å². The maximum atomic E-state index is 13.9. The lowest BCUT2D eigenvalue weighted by Crippen LogP contribution is -2.55. The number of hydrogen-bond donors (Lipinski definition) is 0. The minimum Gasteiger partial charge on any atom is -0.343 e. The molecule has 35 heavy (non-hydrogen) atoms. The SMILES string of the molecule is Cc1ccc(Cc2nsc(N3CCN(C(=O)C(c4ccccc4)c4ccccc4)C(C)C3)n2)cc1. The van der Waals surface area contributed by atoms with Gasteiger partial charge in [-0.15, -0.1) is 0 Å². The highest BCUT2D eigenvalue weighted by Gasteiger charge is 2.34. The number of piperazine rings is 1. The zero-order valence-electron chi connectivity index (χ0n) is 20.2. The van der Waals surface area contributed by atoms with Crippen molar-refractivity contribution in [2.75, 3.05) is 24.5 Å². The Bertz CT molecular complexity index is 1220. The summed E-state index contributed by atoms with van der Waals surface area (Å²) in [5.74, 6) is 0.717. The van der Waals surface area contributed by atoms with E-state index in [4.69, 9.17) is 4.98 Å². The molecular formula is C29H30N4OS. The van der Waals surface area contributed by atoms with Crippen molar-refractivity contribution in [2.45, 2.75) is 32.2 Å². The first-order chi connectivity index (χ1) is 17.1. The standard InChI is InChI=1S/C29H30N4OS/c1-21-13-15-23(16-14-21)19-26-30-29(35-31-26)32-17-18-33(22(2)20-32)28(34)27(24-9-5-3-6-10-24)25-11-7-4-8-12-25/h3-16,22,27H,17-20H2,1-2H3. The van der Waals surface area contributed by atoms with Gasteiger partial charge in [0.1, 0.15) is 5.82 Å². The van der Waals surface area contributed by atoms with E-state index in [0.717, 1.165) is 41.6 Å². The summed E-state index contributed by atoms with van der Waals surface area (Å²) in [7, 11) is 0. The van der Waals surface area contributed by atoms with E-state index in [-0.39, 0.29) is 17.9 Å². The summed E-state index contributed by atoms with van der Waals surface area (Å²) >= 11 is 1.45. The van der Waals surface area contributed by atoms with Gasteiger partial charge >= 0.3 is 0 Å². The van der Waals surface area contributed by atoms with E-state index in [9.17, 15) is 4.79 Å². The minimum absolute atomic E-state index is 0.0793. The Balaban J connectivity index is 1.29. The Morgan fingerprint density at radius 3 is 2.17 bits per heavy atom. The number of rotatable bonds is 6. The summed E-state index contributed by atoms with van der Waals surface area (Å²) in [6.07, 6.45) is 0.737. The molecule has 5 rings (SSSR count). The molecule has 1 atom stereocenters. The van der Waals surface area contributed by atoms with E-state index >= 15 is 0 Å². The maximum Gasteiger partial charge on any atom is 0.234 e. The van der Waals surface area contributed by atoms with E-state index in [0.29, 0.717) is 6.54 Å². The molecule has 1 aliphatic rings. The average Bonchev–Trinajstić information content (AvgIpc) is 3.35. The van der Waals surface area contributed by atoms with Crippen molar-refractivity contribution in [3.8, 4) is 0 Å². The van der Waals surface area contributed by atoms with Crippen LogP contribution in [0.1, 0.15) is 40.9 Å². The Morgan fingerprint density at radius 2 is 1.57 bits per heavy atom. The van der Waals surface area contributed by atoms with E-state index in [1.165, 1.54) is 22.7 Å². The summed E-state index contributed by atoms with van der Waals surface area (Å²) in [6.45, 7) is 6.40. The topological polar surface area (TPSA) is 49.3 Å². The lowest BCUT2D eigenvalue weighted by Gasteiger charge is -2.41. The van der Waals surface area contributed by atoms with Gasteiger partial charge < -0.3 is 9.80 Å². The minimum atomic E-state index is -0.297. The molecule has 0 radical (unpaired) electrons. The fourth-order valence-corrected chi connectivity index (χ4v) is 5.45. The number of aromatic nitrogens is 2. The van der Waals surface area contributed by atoms with E-state index in [1.54, 1.807) is 0 Å². The first kappa shape index (κ1) is 23.2. The summed E-state index contributed by atoms with van der Waals surface area (Å²) in [4.78, 5) is 23.0. The fourth-order valence-electron chi connectivity index (χ4n) is 4.73. The molecule has 0 N–H and O–H groups in total. The molecular weight excluding hydrogens is 452 g/mol. The van der Waals surface area contributed by atoms with Crippen LogP contribution in [0.4, 0.5) is 5.13 Å². The van der Waals surface area contributed by atoms with Crippen molar-refractivity contribution in [1.82, 2.24) is 14.3 Å². The molecule has 0 spiro atoms. The van der Waals surface area contributed by atoms with Gasteiger partial charge in [0.25, 0.3) is 0 Å². The second-order valence-electron chi connectivity index (χ2n) is 9.24. The van der Waals surface area contributed by atoms with Crippen molar-refractivity contribution >= 4 is 22.6 Å². The molecule has 0 bridgehead atoms. The van der Waals surface area contributed by atoms with E-state index in [2.05, 4.69) is 47.4 Å². The first-order valence-electron chi connectivity index (χ1n) is 12.1. The largest absolute Gasteiger partial charge is 0.343 e. The van der Waals surface area contributed by atoms with E-state index in [1.807, 2.05) is 65.6 Å². The van der Waals surface area contributed by atoms with Crippen LogP contribution in [0.3, 0.4) is 0 Å². The number of benzene rings is 3. The third-order valence-corrected chi connectivity index (χ3v) is 7.45. The smallest absolute Gasteiger partial charge is 0.234 e. The molecule has 1 aromatic heterocycles. The molecule has 0 saturated carbocycles. The van der Waals surface area contributed by atoms with Gasteiger partial charge in [0.2, 0.25) is 11.0 Å². The van der Waals surface area contributed by atoms with Gasteiger partial charge in [-0.2, -0.15) is 4.37 Å². The van der Waals surface area contributed by atoms with Crippen molar-refractivity contribution in [2.24, 2.45) is 0 Å². The maximum absolute atomic E-state index is 13.9. The number of amides is 1. The molecule has 3 aromatic carbocycles. The molecule has 1 fully saturated rings. The van der Waals surface area contributed by atoms with Gasteiger partial charge in [0, 0.05) is 43.6 Å². The number of carbonyl (C=O) groups excluding carboxylic acids is 1. The van der Waals surface area contributed by atoms with Crippen LogP contribution < -0.4 is 4.90 Å². The zero-order valence-corrected chi connectivity index (χ0v) is 21.0. The summed E-state index contributed by atoms with van der Waals surface area (Å²) < 4.78 is 4.60. The highest BCUT2D eigenvalue weighted by Crippen LogP contribution is 2.30. The Kier molecular flexibility index (Phi) is 6.91. The molecule has 178 valence electrons. The van der Waals surface area contributed by atoms with Crippen LogP contribution >= 0.6 is 11.5 Å². The zero-order chi connectivity index (χ0) is 24.2. The molecule has 2 heterocycles. The number of anilines is 1. The number of hydrogen-bond acceptors (Lipinski definition) is 5. The third kappa shape index (κ3) is 5.28. The van der Waals surface area contributed by atoms with Gasteiger partial charge in [-0.05, 0) is 30.5 Å². The molecule has 1 amide bonds. The van der Waals surface area contributed by atoms with Crippen LogP contribution in [0.15, 0.2) is 84.9 Å². The average molecular weight is 483 g/mol. The predicted molar refractivity (Wildman–Crippen MR) is 142 cm³/mol. The Labute approximate surface area is 211 Å². The summed E-state index contributed by atoms with van der Waals surface area (Å²) in [6, 6.07) is 28.8. The Morgan fingerprint density at radius 1 is 0.943 bits per heavy atom. The molecule has 5 nitrogen and oxygen atoms in total. The van der Waals surface area contributed by atoms with Crippen molar-refractivity contribution in [3.05, 3.63) is 113 Å². The lowest BCUT2D eigenvalue weighted by molar-refractivity contribution is -0.134. The van der Waals surface area contributed by atoms with Crippen LogP contribution in [0.2, 0.25) is 0 Å².